The average Bonchev–Trinajstić information content (AvgIpc) is 2.92. The quantitative estimate of drug-likeness (QED) is 0.458. The number of rotatable bonds is 8. The van der Waals surface area contributed by atoms with E-state index in [1.165, 1.54) is 11.3 Å². The monoisotopic (exact) mass is 326 g/mol. The number of aromatic nitrogens is 2. The average molecular weight is 326 g/mol. The van der Waals surface area contributed by atoms with Gasteiger partial charge >= 0.3 is 5.97 Å². The molecule has 2 rings (SSSR count). The number of unbranched alkanes of at least 4 members (excludes halogenated alkanes) is 3. The minimum Gasteiger partial charge on any atom is -0.481 e. The molecule has 0 aliphatic heterocycles. The van der Waals surface area contributed by atoms with Crippen LogP contribution >= 0.6 is 23.1 Å². The highest BCUT2D eigenvalue weighted by Crippen LogP contribution is 2.21. The van der Waals surface area contributed by atoms with Gasteiger partial charge in [0.1, 0.15) is 4.83 Å². The molecule has 0 fully saturated rings. The number of carboxylic acid groups (broad SMARTS) is 1. The van der Waals surface area contributed by atoms with E-state index in [4.69, 9.17) is 5.11 Å². The topological polar surface area (TPSA) is 72.2 Å². The van der Waals surface area contributed by atoms with E-state index in [1.807, 2.05) is 5.38 Å². The molecule has 0 aliphatic rings. The molecule has 1 N–H and O–H groups in total. The van der Waals surface area contributed by atoms with Crippen molar-refractivity contribution in [3.05, 3.63) is 21.8 Å². The van der Waals surface area contributed by atoms with Gasteiger partial charge in [-0.15, -0.1) is 11.3 Å². The Kier molecular flexibility index (Phi) is 5.81. The maximum absolute atomic E-state index is 12.5. The molecular formula is C14H18N2O3S2. The standard InChI is InChI=1S/C14H18N2O3S2/c1-2-3-4-5-7-16-13(19)10-6-8-20-12(10)15-14(16)21-9-11(17)18/h6,8H,2-5,7,9H2,1H3,(H,17,18). The first-order valence-electron chi connectivity index (χ1n) is 6.96. The van der Waals surface area contributed by atoms with Crippen LogP contribution in [-0.4, -0.2) is 26.4 Å². The molecule has 5 nitrogen and oxygen atoms in total. The summed E-state index contributed by atoms with van der Waals surface area (Å²) in [4.78, 5) is 28.4. The molecule has 0 saturated heterocycles. The van der Waals surface area contributed by atoms with E-state index >= 15 is 0 Å². The van der Waals surface area contributed by atoms with Crippen LogP contribution in [0.4, 0.5) is 0 Å². The van der Waals surface area contributed by atoms with Crippen LogP contribution in [0.3, 0.4) is 0 Å². The van der Waals surface area contributed by atoms with Crippen molar-refractivity contribution in [2.24, 2.45) is 0 Å². The van der Waals surface area contributed by atoms with Gasteiger partial charge in [-0.25, -0.2) is 4.98 Å². The molecule has 0 aromatic carbocycles. The zero-order valence-corrected chi connectivity index (χ0v) is 13.5. The number of aliphatic carboxylic acids is 1. The normalized spacial score (nSPS) is 11.1. The fourth-order valence-electron chi connectivity index (χ4n) is 2.06. The highest BCUT2D eigenvalue weighted by molar-refractivity contribution is 7.99. The van der Waals surface area contributed by atoms with Gasteiger partial charge in [-0.3, -0.25) is 14.2 Å². The Labute approximate surface area is 131 Å². The summed E-state index contributed by atoms with van der Waals surface area (Å²) in [5.41, 5.74) is -0.0642. The van der Waals surface area contributed by atoms with Crippen molar-refractivity contribution < 1.29 is 9.90 Å². The first kappa shape index (κ1) is 16.0. The summed E-state index contributed by atoms with van der Waals surface area (Å²) in [6, 6.07) is 1.78. The smallest absolute Gasteiger partial charge is 0.313 e. The number of carboxylic acids is 1. The van der Waals surface area contributed by atoms with Gasteiger partial charge in [0.2, 0.25) is 0 Å². The van der Waals surface area contributed by atoms with Gasteiger partial charge in [-0.05, 0) is 17.9 Å². The van der Waals surface area contributed by atoms with E-state index < -0.39 is 5.97 Å². The third-order valence-electron chi connectivity index (χ3n) is 3.11. The van der Waals surface area contributed by atoms with Crippen molar-refractivity contribution in [1.82, 2.24) is 9.55 Å². The van der Waals surface area contributed by atoms with E-state index in [0.29, 0.717) is 21.9 Å². The molecule has 0 unspecified atom stereocenters. The summed E-state index contributed by atoms with van der Waals surface area (Å²) >= 11 is 2.52. The van der Waals surface area contributed by atoms with E-state index in [-0.39, 0.29) is 11.3 Å². The Morgan fingerprint density at radius 3 is 2.95 bits per heavy atom. The molecule has 2 aromatic heterocycles. The van der Waals surface area contributed by atoms with Crippen LogP contribution in [0.5, 0.6) is 0 Å². The third-order valence-corrected chi connectivity index (χ3v) is 4.88. The first-order valence-corrected chi connectivity index (χ1v) is 8.82. The van der Waals surface area contributed by atoms with E-state index in [2.05, 4.69) is 11.9 Å². The molecule has 114 valence electrons. The van der Waals surface area contributed by atoms with Crippen LogP contribution in [0.1, 0.15) is 32.6 Å². The zero-order valence-electron chi connectivity index (χ0n) is 11.9. The summed E-state index contributed by atoms with van der Waals surface area (Å²) < 4.78 is 1.62. The molecule has 2 heterocycles. The van der Waals surface area contributed by atoms with Crippen LogP contribution in [0.15, 0.2) is 21.4 Å². The molecule has 0 atom stereocenters. The molecule has 0 bridgehead atoms. The number of carbonyl (C=O) groups is 1. The second kappa shape index (κ2) is 7.61. The number of thioether (sulfide) groups is 1. The molecule has 0 radical (unpaired) electrons. The second-order valence-corrected chi connectivity index (χ2v) is 6.57. The number of thiophene rings is 1. The summed E-state index contributed by atoms with van der Waals surface area (Å²) in [5.74, 6) is -0.990. The highest BCUT2D eigenvalue weighted by atomic mass is 32.2. The fourth-order valence-corrected chi connectivity index (χ4v) is 3.61. The SMILES string of the molecule is CCCCCCn1c(SCC(=O)O)nc2sccc2c1=O. The van der Waals surface area contributed by atoms with Gasteiger partial charge in [0.15, 0.2) is 5.16 Å². The number of hydrogen-bond acceptors (Lipinski definition) is 5. The van der Waals surface area contributed by atoms with Crippen LogP contribution < -0.4 is 5.56 Å². The minimum atomic E-state index is -0.905. The van der Waals surface area contributed by atoms with Gasteiger partial charge in [0.05, 0.1) is 11.1 Å². The van der Waals surface area contributed by atoms with Crippen molar-refractivity contribution in [2.45, 2.75) is 44.3 Å². The number of fused-ring (bicyclic) bond motifs is 1. The maximum atomic E-state index is 12.5. The molecule has 21 heavy (non-hydrogen) atoms. The molecule has 0 amide bonds. The lowest BCUT2D eigenvalue weighted by molar-refractivity contribution is -0.133. The van der Waals surface area contributed by atoms with Gasteiger partial charge in [0.25, 0.3) is 5.56 Å². The minimum absolute atomic E-state index is 0.0642. The number of hydrogen-bond donors (Lipinski definition) is 1. The summed E-state index contributed by atoms with van der Waals surface area (Å²) in [6.45, 7) is 2.73. The Morgan fingerprint density at radius 2 is 2.24 bits per heavy atom. The van der Waals surface area contributed by atoms with Gasteiger partial charge in [-0.2, -0.15) is 0 Å². The lowest BCUT2D eigenvalue weighted by atomic mass is 10.2. The van der Waals surface area contributed by atoms with Crippen molar-refractivity contribution in [3.63, 3.8) is 0 Å². The van der Waals surface area contributed by atoms with Crippen molar-refractivity contribution >= 4 is 39.3 Å². The van der Waals surface area contributed by atoms with Crippen LogP contribution in [0.2, 0.25) is 0 Å². The molecular weight excluding hydrogens is 308 g/mol. The predicted octanol–water partition coefficient (Wildman–Crippen LogP) is 3.22. The van der Waals surface area contributed by atoms with Crippen LogP contribution in [0.25, 0.3) is 10.2 Å². The maximum Gasteiger partial charge on any atom is 0.313 e. The van der Waals surface area contributed by atoms with E-state index in [9.17, 15) is 9.59 Å². The predicted molar refractivity (Wildman–Crippen MR) is 86.4 cm³/mol. The molecule has 0 saturated carbocycles. The molecule has 7 heteroatoms. The zero-order chi connectivity index (χ0) is 15.2. The Hall–Kier alpha value is -1.34. The van der Waals surface area contributed by atoms with Gasteiger partial charge in [0, 0.05) is 6.54 Å². The lowest BCUT2D eigenvalue weighted by Crippen LogP contribution is -2.23. The summed E-state index contributed by atoms with van der Waals surface area (Å²) in [6.07, 6.45) is 4.25. The highest BCUT2D eigenvalue weighted by Gasteiger charge is 2.13. The van der Waals surface area contributed by atoms with Crippen molar-refractivity contribution in [3.8, 4) is 0 Å². The van der Waals surface area contributed by atoms with Crippen LogP contribution in [0, 0.1) is 0 Å². The third kappa shape index (κ3) is 4.07. The van der Waals surface area contributed by atoms with E-state index in [0.717, 1.165) is 37.4 Å². The largest absolute Gasteiger partial charge is 0.481 e. The Balaban J connectivity index is 2.28. The first-order chi connectivity index (χ1) is 10.1. The number of nitrogens with zero attached hydrogens (tertiary/aromatic N) is 2. The second-order valence-electron chi connectivity index (χ2n) is 4.73. The van der Waals surface area contributed by atoms with E-state index in [1.54, 1.807) is 10.6 Å². The molecule has 0 spiro atoms. The van der Waals surface area contributed by atoms with Crippen molar-refractivity contribution in [2.75, 3.05) is 5.75 Å². The fraction of sp³-hybridized carbons (Fsp3) is 0.500. The molecule has 2 aromatic rings. The summed E-state index contributed by atoms with van der Waals surface area (Å²) in [7, 11) is 0. The Bertz CT molecular complexity index is 678. The Morgan fingerprint density at radius 1 is 1.43 bits per heavy atom. The van der Waals surface area contributed by atoms with Crippen molar-refractivity contribution in [1.29, 1.82) is 0 Å². The van der Waals surface area contributed by atoms with Crippen LogP contribution in [-0.2, 0) is 11.3 Å². The van der Waals surface area contributed by atoms with Gasteiger partial charge < -0.3 is 5.11 Å². The van der Waals surface area contributed by atoms with Gasteiger partial charge in [-0.1, -0.05) is 37.9 Å². The summed E-state index contributed by atoms with van der Waals surface area (Å²) in [5, 5.41) is 11.8. The lowest BCUT2D eigenvalue weighted by Gasteiger charge is -2.11. The molecule has 0 aliphatic carbocycles.